The molecule has 1 atom stereocenters. The minimum Gasteiger partial charge on any atom is -0.355 e. The number of nitrogens with one attached hydrogen (secondary N) is 1. The zero-order valence-corrected chi connectivity index (χ0v) is 8.83. The van der Waals surface area contributed by atoms with Gasteiger partial charge in [0.2, 0.25) is 0 Å². The van der Waals surface area contributed by atoms with Crippen molar-refractivity contribution in [3.05, 3.63) is 23.9 Å². The Bertz CT molecular complexity index is 288. The normalized spacial score (nSPS) is 21.1. The van der Waals surface area contributed by atoms with Gasteiger partial charge in [-0.1, -0.05) is 6.07 Å². The van der Waals surface area contributed by atoms with Crippen LogP contribution in [0.15, 0.2) is 18.3 Å². The van der Waals surface area contributed by atoms with E-state index in [0.29, 0.717) is 6.04 Å². The number of rotatable bonds is 2. The molecule has 3 nitrogen and oxygen atoms in total. The molecule has 1 aromatic rings. The Labute approximate surface area is 85.1 Å². The van der Waals surface area contributed by atoms with Gasteiger partial charge in [-0.2, -0.15) is 0 Å². The predicted octanol–water partition coefficient (Wildman–Crippen LogP) is 1.19. The second-order valence-electron chi connectivity index (χ2n) is 3.95. The Morgan fingerprint density at radius 1 is 1.50 bits per heavy atom. The average Bonchev–Trinajstić information content (AvgIpc) is 2.71. The molecular weight excluding hydrogens is 174 g/mol. The highest BCUT2D eigenvalue weighted by Crippen LogP contribution is 2.15. The second kappa shape index (κ2) is 3.96. The molecule has 0 spiro atoms. The molecule has 3 heteroatoms. The summed E-state index contributed by atoms with van der Waals surface area (Å²) in [6, 6.07) is 4.81. The van der Waals surface area contributed by atoms with Crippen LogP contribution in [-0.2, 0) is 0 Å². The molecular formula is C11H17N3. The van der Waals surface area contributed by atoms with Crippen LogP contribution in [-0.4, -0.2) is 31.2 Å². The molecule has 0 radical (unpaired) electrons. The molecule has 1 unspecified atom stereocenters. The number of hydrogen-bond acceptors (Lipinski definition) is 3. The number of aromatic nitrogens is 1. The van der Waals surface area contributed by atoms with E-state index in [1.54, 1.807) is 0 Å². The highest BCUT2D eigenvalue weighted by atomic mass is 15.2. The quantitative estimate of drug-likeness (QED) is 0.761. The van der Waals surface area contributed by atoms with Crippen molar-refractivity contribution in [2.75, 3.05) is 25.0 Å². The molecule has 0 bridgehead atoms. The number of anilines is 1. The molecule has 1 saturated heterocycles. The van der Waals surface area contributed by atoms with E-state index in [0.717, 1.165) is 18.9 Å². The average molecular weight is 191 g/mol. The van der Waals surface area contributed by atoms with Crippen LogP contribution in [0.2, 0.25) is 0 Å². The predicted molar refractivity (Wildman–Crippen MR) is 58.7 cm³/mol. The molecule has 0 aromatic carbocycles. The van der Waals surface area contributed by atoms with E-state index in [4.69, 9.17) is 0 Å². The highest BCUT2D eigenvalue weighted by molar-refractivity contribution is 5.39. The first-order valence-electron chi connectivity index (χ1n) is 5.13. The topological polar surface area (TPSA) is 28.2 Å². The summed E-state index contributed by atoms with van der Waals surface area (Å²) in [5.74, 6) is 1.07. The lowest BCUT2D eigenvalue weighted by Gasteiger charge is -2.24. The van der Waals surface area contributed by atoms with Crippen LogP contribution in [0, 0.1) is 6.92 Å². The Morgan fingerprint density at radius 2 is 2.36 bits per heavy atom. The van der Waals surface area contributed by atoms with Crippen molar-refractivity contribution in [2.24, 2.45) is 0 Å². The van der Waals surface area contributed by atoms with E-state index >= 15 is 0 Å². The van der Waals surface area contributed by atoms with E-state index in [1.807, 2.05) is 6.20 Å². The van der Waals surface area contributed by atoms with Gasteiger partial charge in [-0.3, -0.25) is 0 Å². The SMILES string of the molecule is Cc1ccc(N(C)C2CCNC2)nc1. The number of pyridine rings is 1. The first-order valence-corrected chi connectivity index (χ1v) is 5.13. The van der Waals surface area contributed by atoms with Gasteiger partial charge in [0.15, 0.2) is 0 Å². The van der Waals surface area contributed by atoms with E-state index in [-0.39, 0.29) is 0 Å². The molecule has 2 heterocycles. The van der Waals surface area contributed by atoms with Gasteiger partial charge in [0.1, 0.15) is 5.82 Å². The Morgan fingerprint density at radius 3 is 2.93 bits per heavy atom. The Kier molecular flexibility index (Phi) is 2.68. The fraction of sp³-hybridized carbons (Fsp3) is 0.545. The van der Waals surface area contributed by atoms with Crippen molar-refractivity contribution in [1.82, 2.24) is 10.3 Å². The zero-order chi connectivity index (χ0) is 9.97. The third kappa shape index (κ3) is 1.87. The first kappa shape index (κ1) is 9.46. The fourth-order valence-electron chi connectivity index (χ4n) is 1.83. The standard InChI is InChI=1S/C11H17N3/c1-9-3-4-11(13-7-9)14(2)10-5-6-12-8-10/h3-4,7,10,12H,5-6,8H2,1-2H3. The molecule has 0 amide bonds. The molecule has 2 rings (SSSR count). The van der Waals surface area contributed by atoms with Gasteiger partial charge in [0, 0.05) is 25.8 Å². The van der Waals surface area contributed by atoms with Gasteiger partial charge >= 0.3 is 0 Å². The molecule has 1 N–H and O–H groups in total. The van der Waals surface area contributed by atoms with E-state index in [1.165, 1.54) is 12.0 Å². The lowest BCUT2D eigenvalue weighted by Crippen LogP contribution is -2.33. The van der Waals surface area contributed by atoms with Gasteiger partial charge < -0.3 is 10.2 Å². The molecule has 1 aliphatic heterocycles. The molecule has 0 saturated carbocycles. The lowest BCUT2D eigenvalue weighted by atomic mass is 10.2. The Hall–Kier alpha value is -1.09. The summed E-state index contributed by atoms with van der Waals surface area (Å²) in [6.07, 6.45) is 3.14. The van der Waals surface area contributed by atoms with Crippen molar-refractivity contribution in [2.45, 2.75) is 19.4 Å². The van der Waals surface area contributed by atoms with E-state index in [9.17, 15) is 0 Å². The largest absolute Gasteiger partial charge is 0.355 e. The van der Waals surface area contributed by atoms with Crippen molar-refractivity contribution >= 4 is 5.82 Å². The number of hydrogen-bond donors (Lipinski definition) is 1. The van der Waals surface area contributed by atoms with Crippen molar-refractivity contribution in [1.29, 1.82) is 0 Å². The van der Waals surface area contributed by atoms with Crippen LogP contribution in [0.4, 0.5) is 5.82 Å². The van der Waals surface area contributed by atoms with Crippen LogP contribution < -0.4 is 10.2 Å². The van der Waals surface area contributed by atoms with Crippen LogP contribution in [0.25, 0.3) is 0 Å². The van der Waals surface area contributed by atoms with Crippen molar-refractivity contribution < 1.29 is 0 Å². The molecule has 1 aliphatic rings. The first-order chi connectivity index (χ1) is 6.77. The summed E-state index contributed by atoms with van der Waals surface area (Å²) in [4.78, 5) is 6.68. The minimum atomic E-state index is 0.602. The van der Waals surface area contributed by atoms with Crippen LogP contribution in [0.1, 0.15) is 12.0 Å². The molecule has 76 valence electrons. The summed E-state index contributed by atoms with van der Waals surface area (Å²) in [7, 11) is 2.12. The maximum Gasteiger partial charge on any atom is 0.128 e. The number of aryl methyl sites for hydroxylation is 1. The minimum absolute atomic E-state index is 0.602. The van der Waals surface area contributed by atoms with E-state index in [2.05, 4.69) is 41.3 Å². The maximum absolute atomic E-state index is 4.42. The van der Waals surface area contributed by atoms with Gasteiger partial charge in [-0.05, 0) is 31.5 Å². The van der Waals surface area contributed by atoms with Gasteiger partial charge in [-0.15, -0.1) is 0 Å². The third-order valence-electron chi connectivity index (χ3n) is 2.84. The summed E-state index contributed by atoms with van der Waals surface area (Å²) >= 11 is 0. The van der Waals surface area contributed by atoms with Crippen LogP contribution in [0.5, 0.6) is 0 Å². The molecule has 1 aromatic heterocycles. The summed E-state index contributed by atoms with van der Waals surface area (Å²) < 4.78 is 0. The molecule has 0 aliphatic carbocycles. The lowest BCUT2D eigenvalue weighted by molar-refractivity contribution is 0.677. The van der Waals surface area contributed by atoms with Gasteiger partial charge in [0.05, 0.1) is 0 Å². The van der Waals surface area contributed by atoms with Gasteiger partial charge in [0.25, 0.3) is 0 Å². The van der Waals surface area contributed by atoms with Crippen molar-refractivity contribution in [3.63, 3.8) is 0 Å². The number of likely N-dealkylation sites (N-methyl/N-ethyl adjacent to an activating group) is 1. The molecule has 14 heavy (non-hydrogen) atoms. The summed E-state index contributed by atoms with van der Waals surface area (Å²) in [5, 5.41) is 3.36. The van der Waals surface area contributed by atoms with Crippen molar-refractivity contribution in [3.8, 4) is 0 Å². The third-order valence-corrected chi connectivity index (χ3v) is 2.84. The fourth-order valence-corrected chi connectivity index (χ4v) is 1.83. The summed E-state index contributed by atoms with van der Waals surface area (Å²) in [6.45, 7) is 4.26. The second-order valence-corrected chi connectivity index (χ2v) is 3.95. The van der Waals surface area contributed by atoms with Crippen LogP contribution in [0.3, 0.4) is 0 Å². The number of nitrogens with zero attached hydrogens (tertiary/aromatic N) is 2. The smallest absolute Gasteiger partial charge is 0.128 e. The van der Waals surface area contributed by atoms with E-state index < -0.39 is 0 Å². The maximum atomic E-state index is 4.42. The Balaban J connectivity index is 2.09. The summed E-state index contributed by atoms with van der Waals surface area (Å²) in [5.41, 5.74) is 1.21. The van der Waals surface area contributed by atoms with Crippen LogP contribution >= 0.6 is 0 Å². The molecule has 1 fully saturated rings. The van der Waals surface area contributed by atoms with Gasteiger partial charge in [-0.25, -0.2) is 4.98 Å². The monoisotopic (exact) mass is 191 g/mol. The zero-order valence-electron chi connectivity index (χ0n) is 8.83. The highest BCUT2D eigenvalue weighted by Gasteiger charge is 2.19.